The highest BCUT2D eigenvalue weighted by atomic mass is 16.3. The summed E-state index contributed by atoms with van der Waals surface area (Å²) in [6.07, 6.45) is 0.616. The molecule has 0 radical (unpaired) electrons. The van der Waals surface area contributed by atoms with Crippen molar-refractivity contribution in [3.05, 3.63) is 95.6 Å². The Balaban J connectivity index is 1.56. The third-order valence-electron chi connectivity index (χ3n) is 4.98. The van der Waals surface area contributed by atoms with Gasteiger partial charge in [0.2, 0.25) is 11.8 Å². The number of nitrogens with zero attached hydrogens (tertiary/aromatic N) is 3. The molecule has 3 aromatic carbocycles. The van der Waals surface area contributed by atoms with Gasteiger partial charge in [-0.15, -0.1) is 10.2 Å². The smallest absolute Gasteiger partial charge is 0.295 e. The Bertz CT molecular complexity index is 1280. The molecule has 7 nitrogen and oxygen atoms in total. The van der Waals surface area contributed by atoms with Crippen molar-refractivity contribution in [2.75, 3.05) is 0 Å². The lowest BCUT2D eigenvalue weighted by Gasteiger charge is -2.06. The van der Waals surface area contributed by atoms with E-state index >= 15 is 0 Å². The number of aryl methyl sites for hydroxylation is 1. The molecule has 0 aliphatic carbocycles. The molecule has 0 aliphatic heterocycles. The van der Waals surface area contributed by atoms with E-state index in [-0.39, 0.29) is 17.3 Å². The normalized spacial score (nSPS) is 11.2. The maximum absolute atomic E-state index is 12.4. The molecule has 2 N–H and O–H groups in total. The zero-order valence-electron chi connectivity index (χ0n) is 16.5. The van der Waals surface area contributed by atoms with Gasteiger partial charge < -0.3 is 10.2 Å². The zero-order valence-corrected chi connectivity index (χ0v) is 16.5. The first kappa shape index (κ1) is 20.0. The fourth-order valence-corrected chi connectivity index (χ4v) is 3.33. The summed E-state index contributed by atoms with van der Waals surface area (Å²) >= 11 is 0. The van der Waals surface area contributed by atoms with Crippen LogP contribution in [0.5, 0.6) is 11.8 Å². The van der Waals surface area contributed by atoms with Crippen LogP contribution < -0.4 is 0 Å². The summed E-state index contributed by atoms with van der Waals surface area (Å²) in [7, 11) is 0. The van der Waals surface area contributed by atoms with Crippen LogP contribution in [0.15, 0.2) is 89.1 Å². The van der Waals surface area contributed by atoms with E-state index in [0.29, 0.717) is 29.3 Å². The number of azo groups is 1. The standard InChI is InChI=1S/C24H19N3O4/c28-21(17-9-5-2-6-10-17)25-26-22(29)18-11-12-19-20(15-18)24(31)27(23(19)30)14-13-16-7-3-1-4-8-16/h1-12,15,30-31H,13-14H2. The van der Waals surface area contributed by atoms with Gasteiger partial charge in [-0.25, -0.2) is 0 Å². The topological polar surface area (TPSA) is 104 Å². The van der Waals surface area contributed by atoms with Gasteiger partial charge in [0.15, 0.2) is 0 Å². The Labute approximate surface area is 177 Å². The predicted octanol–water partition coefficient (Wildman–Crippen LogP) is 4.73. The first-order chi connectivity index (χ1) is 15.0. The van der Waals surface area contributed by atoms with Crippen molar-refractivity contribution >= 4 is 22.6 Å². The summed E-state index contributed by atoms with van der Waals surface area (Å²) in [5.41, 5.74) is 1.54. The lowest BCUT2D eigenvalue weighted by molar-refractivity contribution is 0.0947. The molecule has 0 aliphatic rings. The Kier molecular flexibility index (Phi) is 5.57. The Morgan fingerprint density at radius 2 is 1.29 bits per heavy atom. The molecule has 0 atom stereocenters. The number of carbonyl (C=O) groups is 2. The van der Waals surface area contributed by atoms with Gasteiger partial charge >= 0.3 is 0 Å². The van der Waals surface area contributed by atoms with E-state index in [9.17, 15) is 19.8 Å². The van der Waals surface area contributed by atoms with Gasteiger partial charge in [-0.1, -0.05) is 48.5 Å². The summed E-state index contributed by atoms with van der Waals surface area (Å²) in [4.78, 5) is 24.4. The largest absolute Gasteiger partial charge is 0.494 e. The van der Waals surface area contributed by atoms with Crippen molar-refractivity contribution in [3.8, 4) is 11.8 Å². The minimum atomic E-state index is -0.720. The summed E-state index contributed by atoms with van der Waals surface area (Å²) in [6, 6.07) is 22.5. The third-order valence-corrected chi connectivity index (χ3v) is 4.98. The van der Waals surface area contributed by atoms with Crippen LogP contribution in [0.2, 0.25) is 0 Å². The molecule has 0 bridgehead atoms. The molecule has 1 heterocycles. The van der Waals surface area contributed by atoms with E-state index in [4.69, 9.17) is 0 Å². The van der Waals surface area contributed by atoms with Crippen LogP contribution in [0.3, 0.4) is 0 Å². The minimum Gasteiger partial charge on any atom is -0.494 e. The predicted molar refractivity (Wildman–Crippen MR) is 115 cm³/mol. The highest BCUT2D eigenvalue weighted by Crippen LogP contribution is 2.37. The number of benzene rings is 3. The molecule has 154 valence electrons. The van der Waals surface area contributed by atoms with Gasteiger partial charge in [0.1, 0.15) is 0 Å². The van der Waals surface area contributed by atoms with Gasteiger partial charge in [0.05, 0.1) is 0 Å². The van der Waals surface area contributed by atoms with Crippen molar-refractivity contribution < 1.29 is 19.8 Å². The molecule has 0 unspecified atom stereocenters. The molecule has 0 saturated carbocycles. The average molecular weight is 413 g/mol. The number of amides is 2. The zero-order chi connectivity index (χ0) is 21.8. The number of aromatic hydroxyl groups is 2. The van der Waals surface area contributed by atoms with Gasteiger partial charge in [-0.3, -0.25) is 14.2 Å². The number of fused-ring (bicyclic) bond motifs is 1. The fraction of sp³-hybridized carbons (Fsp3) is 0.0833. The SMILES string of the molecule is O=C(N=NC(=O)c1ccc2c(O)n(CCc3ccccc3)c(O)c2c1)c1ccccc1. The van der Waals surface area contributed by atoms with Crippen molar-refractivity contribution in [2.24, 2.45) is 10.2 Å². The second-order valence-corrected chi connectivity index (χ2v) is 6.97. The molecule has 4 rings (SSSR count). The highest BCUT2D eigenvalue weighted by Gasteiger charge is 2.18. The Morgan fingerprint density at radius 3 is 1.97 bits per heavy atom. The van der Waals surface area contributed by atoms with Crippen LogP contribution in [0.25, 0.3) is 10.8 Å². The number of rotatable bonds is 5. The molecule has 7 heteroatoms. The van der Waals surface area contributed by atoms with Gasteiger partial charge in [-0.05, 0) is 42.3 Å². The van der Waals surface area contributed by atoms with Crippen LogP contribution in [-0.4, -0.2) is 26.6 Å². The average Bonchev–Trinajstić information content (AvgIpc) is 3.06. The molecule has 1 aromatic heterocycles. The van der Waals surface area contributed by atoms with Crippen molar-refractivity contribution in [1.29, 1.82) is 0 Å². The quantitative estimate of drug-likeness (QED) is 0.462. The fourth-order valence-electron chi connectivity index (χ4n) is 3.33. The van der Waals surface area contributed by atoms with Crippen LogP contribution in [0.4, 0.5) is 0 Å². The summed E-state index contributed by atoms with van der Waals surface area (Å²) < 4.78 is 1.40. The first-order valence-electron chi connectivity index (χ1n) is 9.68. The van der Waals surface area contributed by atoms with Gasteiger partial charge in [0.25, 0.3) is 11.8 Å². The van der Waals surface area contributed by atoms with Gasteiger partial charge in [0, 0.05) is 28.4 Å². The van der Waals surface area contributed by atoms with E-state index in [1.54, 1.807) is 30.3 Å². The monoisotopic (exact) mass is 413 g/mol. The van der Waals surface area contributed by atoms with Crippen LogP contribution in [-0.2, 0) is 13.0 Å². The molecule has 0 saturated heterocycles. The lowest BCUT2D eigenvalue weighted by atomic mass is 10.1. The maximum atomic E-state index is 12.4. The van der Waals surface area contributed by atoms with E-state index in [1.807, 2.05) is 30.3 Å². The molecule has 2 amide bonds. The minimum absolute atomic E-state index is 0.0803. The number of hydrogen-bond acceptors (Lipinski definition) is 4. The first-order valence-corrected chi connectivity index (χ1v) is 9.68. The molecule has 0 fully saturated rings. The second-order valence-electron chi connectivity index (χ2n) is 6.97. The van der Waals surface area contributed by atoms with Gasteiger partial charge in [-0.2, -0.15) is 0 Å². The second kappa shape index (κ2) is 8.62. The molecule has 31 heavy (non-hydrogen) atoms. The van der Waals surface area contributed by atoms with E-state index in [0.717, 1.165) is 5.56 Å². The summed E-state index contributed by atoms with van der Waals surface area (Å²) in [5, 5.41) is 28.8. The van der Waals surface area contributed by atoms with Crippen molar-refractivity contribution in [3.63, 3.8) is 0 Å². The van der Waals surface area contributed by atoms with Crippen LogP contribution in [0.1, 0.15) is 26.3 Å². The van der Waals surface area contributed by atoms with E-state index in [2.05, 4.69) is 10.2 Å². The van der Waals surface area contributed by atoms with Crippen molar-refractivity contribution in [1.82, 2.24) is 4.57 Å². The highest BCUT2D eigenvalue weighted by molar-refractivity contribution is 6.03. The summed E-state index contributed by atoms with van der Waals surface area (Å²) in [6.45, 7) is 0.366. The molecule has 0 spiro atoms. The van der Waals surface area contributed by atoms with Crippen LogP contribution in [0, 0.1) is 0 Å². The number of carbonyl (C=O) groups excluding carboxylic acids is 2. The van der Waals surface area contributed by atoms with E-state index in [1.165, 1.54) is 22.8 Å². The lowest BCUT2D eigenvalue weighted by Crippen LogP contribution is -2.00. The Hall–Kier alpha value is -4.26. The Morgan fingerprint density at radius 1 is 0.710 bits per heavy atom. The number of hydrogen-bond donors (Lipinski definition) is 2. The molecular weight excluding hydrogens is 394 g/mol. The van der Waals surface area contributed by atoms with E-state index < -0.39 is 11.8 Å². The van der Waals surface area contributed by atoms with Crippen LogP contribution >= 0.6 is 0 Å². The third kappa shape index (κ3) is 4.20. The number of aromatic nitrogens is 1. The molecular formula is C24H19N3O4. The molecule has 4 aromatic rings. The van der Waals surface area contributed by atoms with Crippen molar-refractivity contribution in [2.45, 2.75) is 13.0 Å². The maximum Gasteiger partial charge on any atom is 0.295 e. The summed E-state index contributed by atoms with van der Waals surface area (Å²) in [5.74, 6) is -1.57.